The number of nitrogens with zero attached hydrogens (tertiary/aromatic N) is 2. The van der Waals surface area contributed by atoms with Gasteiger partial charge >= 0.3 is 0 Å². The van der Waals surface area contributed by atoms with E-state index < -0.39 is 0 Å². The number of benzene rings is 1. The second-order valence-electron chi connectivity index (χ2n) is 6.97. The smallest absolute Gasteiger partial charge is 0.159 e. The summed E-state index contributed by atoms with van der Waals surface area (Å²) in [5, 5.41) is 0. The van der Waals surface area contributed by atoms with E-state index in [1.54, 1.807) is 6.92 Å². The molecule has 3 rings (SSSR count). The molecule has 0 amide bonds. The Balaban J connectivity index is 1.44. The van der Waals surface area contributed by atoms with Gasteiger partial charge in [0.25, 0.3) is 0 Å². The third kappa shape index (κ3) is 5.15. The molecule has 1 saturated heterocycles. The van der Waals surface area contributed by atoms with Gasteiger partial charge in [-0.25, -0.2) is 0 Å². The normalized spacial score (nSPS) is 17.8. The minimum Gasteiger partial charge on any atom is -0.494 e. The van der Waals surface area contributed by atoms with E-state index in [0.29, 0.717) is 18.2 Å². The number of unbranched alkanes of at least 4 members (excludes halogenated alkanes) is 1. The topological polar surface area (TPSA) is 42.4 Å². The van der Waals surface area contributed by atoms with Gasteiger partial charge in [-0.1, -0.05) is 24.6 Å². The van der Waals surface area contributed by atoms with Crippen LogP contribution in [-0.4, -0.2) is 35.4 Å². The van der Waals surface area contributed by atoms with Crippen LogP contribution in [0.2, 0.25) is 0 Å². The zero-order chi connectivity index (χ0) is 18.2. The van der Waals surface area contributed by atoms with Gasteiger partial charge in [-0.2, -0.15) is 0 Å². The van der Waals surface area contributed by atoms with Crippen LogP contribution >= 0.6 is 0 Å². The van der Waals surface area contributed by atoms with Gasteiger partial charge in [0.15, 0.2) is 5.78 Å². The summed E-state index contributed by atoms with van der Waals surface area (Å²) in [5.41, 5.74) is 2.04. The Hall–Kier alpha value is -2.20. The summed E-state index contributed by atoms with van der Waals surface area (Å²) in [7, 11) is 0. The maximum atomic E-state index is 11.4. The molecule has 26 heavy (non-hydrogen) atoms. The van der Waals surface area contributed by atoms with Crippen molar-refractivity contribution in [2.45, 2.75) is 45.1 Å². The van der Waals surface area contributed by atoms with Gasteiger partial charge in [-0.15, -0.1) is 0 Å². The van der Waals surface area contributed by atoms with Crippen LogP contribution in [0.1, 0.15) is 61.0 Å². The number of ether oxygens (including phenoxy) is 1. The molecule has 0 aliphatic carbocycles. The Morgan fingerprint density at radius 3 is 2.96 bits per heavy atom. The van der Waals surface area contributed by atoms with Crippen molar-refractivity contribution in [1.29, 1.82) is 0 Å². The van der Waals surface area contributed by atoms with Crippen LogP contribution < -0.4 is 4.74 Å². The first-order valence-corrected chi connectivity index (χ1v) is 9.62. The molecule has 1 fully saturated rings. The molecule has 1 atom stereocenters. The second-order valence-corrected chi connectivity index (χ2v) is 6.97. The molecule has 1 aromatic heterocycles. The van der Waals surface area contributed by atoms with Gasteiger partial charge in [0.1, 0.15) is 5.75 Å². The molecule has 0 saturated carbocycles. The molecule has 0 N–H and O–H groups in total. The number of pyridine rings is 1. The lowest BCUT2D eigenvalue weighted by Crippen LogP contribution is -2.34. The van der Waals surface area contributed by atoms with Crippen LogP contribution in [-0.2, 0) is 0 Å². The van der Waals surface area contributed by atoms with Gasteiger partial charge < -0.3 is 4.74 Å². The number of hydrogen-bond acceptors (Lipinski definition) is 4. The van der Waals surface area contributed by atoms with E-state index in [2.05, 4.69) is 16.0 Å². The Kier molecular flexibility index (Phi) is 6.78. The number of carbonyl (C=O) groups is 1. The average Bonchev–Trinajstić information content (AvgIpc) is 2.69. The van der Waals surface area contributed by atoms with Crippen molar-refractivity contribution < 1.29 is 9.53 Å². The molecule has 0 bridgehead atoms. The van der Waals surface area contributed by atoms with Gasteiger partial charge in [0.2, 0.25) is 0 Å². The van der Waals surface area contributed by atoms with Crippen molar-refractivity contribution >= 4 is 5.78 Å². The lowest BCUT2D eigenvalue weighted by atomic mass is 9.96. The predicted octanol–water partition coefficient (Wildman–Crippen LogP) is 4.67. The summed E-state index contributed by atoms with van der Waals surface area (Å²) in [5.74, 6) is 0.853. The molecule has 0 radical (unpaired) electrons. The highest BCUT2D eigenvalue weighted by atomic mass is 16.5. The number of Topliss-reactive ketones (excluding diaryl/α,β-unsaturated/α-hetero) is 1. The number of hydrogen-bond donors (Lipinski definition) is 0. The van der Waals surface area contributed by atoms with Crippen molar-refractivity contribution in [3.8, 4) is 5.75 Å². The highest BCUT2D eigenvalue weighted by molar-refractivity contribution is 5.94. The minimum atomic E-state index is 0.0713. The fraction of sp³-hybridized carbons (Fsp3) is 0.455. The quantitative estimate of drug-likeness (QED) is 0.511. The summed E-state index contributed by atoms with van der Waals surface area (Å²) in [6.45, 7) is 4.53. The molecule has 2 aromatic rings. The first-order chi connectivity index (χ1) is 12.7. The Bertz CT molecular complexity index is 702. The molecule has 0 unspecified atom stereocenters. The molecule has 1 aliphatic heterocycles. The first-order valence-electron chi connectivity index (χ1n) is 9.62. The molecule has 4 heteroatoms. The monoisotopic (exact) mass is 352 g/mol. The molecular weight excluding hydrogens is 324 g/mol. The summed E-state index contributed by atoms with van der Waals surface area (Å²) in [4.78, 5) is 18.3. The number of rotatable bonds is 8. The predicted molar refractivity (Wildman–Crippen MR) is 104 cm³/mol. The minimum absolute atomic E-state index is 0.0713. The van der Waals surface area contributed by atoms with E-state index in [4.69, 9.17) is 4.74 Å². The maximum absolute atomic E-state index is 11.4. The number of carbonyl (C=O) groups excluding carboxylic acids is 1. The van der Waals surface area contributed by atoms with Crippen LogP contribution in [0, 0.1) is 0 Å². The fourth-order valence-corrected chi connectivity index (χ4v) is 3.62. The second kappa shape index (κ2) is 9.48. The van der Waals surface area contributed by atoms with Gasteiger partial charge in [0, 0.05) is 24.0 Å². The van der Waals surface area contributed by atoms with Crippen LogP contribution in [0.3, 0.4) is 0 Å². The Labute approximate surface area is 156 Å². The van der Waals surface area contributed by atoms with E-state index in [-0.39, 0.29) is 5.78 Å². The van der Waals surface area contributed by atoms with E-state index in [1.807, 2.05) is 42.7 Å². The van der Waals surface area contributed by atoms with Crippen molar-refractivity contribution in [1.82, 2.24) is 9.88 Å². The van der Waals surface area contributed by atoms with Crippen molar-refractivity contribution in [2.75, 3.05) is 19.7 Å². The van der Waals surface area contributed by atoms with Crippen LogP contribution in [0.25, 0.3) is 0 Å². The number of piperidine rings is 1. The molecular formula is C22H28N2O2. The number of aromatic nitrogens is 1. The summed E-state index contributed by atoms with van der Waals surface area (Å²) >= 11 is 0. The van der Waals surface area contributed by atoms with E-state index in [9.17, 15) is 4.79 Å². The highest BCUT2D eigenvalue weighted by Gasteiger charge is 2.23. The van der Waals surface area contributed by atoms with Gasteiger partial charge in [-0.05, 0) is 69.5 Å². The fourth-order valence-electron chi connectivity index (χ4n) is 3.62. The van der Waals surface area contributed by atoms with E-state index >= 15 is 0 Å². The Morgan fingerprint density at radius 1 is 1.23 bits per heavy atom. The molecule has 138 valence electrons. The van der Waals surface area contributed by atoms with Crippen LogP contribution in [0.5, 0.6) is 5.75 Å². The molecule has 4 nitrogen and oxygen atoms in total. The summed E-state index contributed by atoms with van der Waals surface area (Å²) in [6, 6.07) is 12.2. The third-order valence-corrected chi connectivity index (χ3v) is 5.03. The third-order valence-electron chi connectivity index (χ3n) is 5.03. The summed E-state index contributed by atoms with van der Waals surface area (Å²) < 4.78 is 5.82. The molecule has 1 aliphatic rings. The van der Waals surface area contributed by atoms with E-state index in [0.717, 1.165) is 25.1 Å². The van der Waals surface area contributed by atoms with Crippen LogP contribution in [0.4, 0.5) is 0 Å². The molecule has 1 aromatic carbocycles. The van der Waals surface area contributed by atoms with E-state index in [1.165, 1.54) is 31.4 Å². The first kappa shape index (κ1) is 18.6. The highest BCUT2D eigenvalue weighted by Crippen LogP contribution is 2.30. The Morgan fingerprint density at radius 2 is 2.15 bits per heavy atom. The maximum Gasteiger partial charge on any atom is 0.159 e. The SMILES string of the molecule is CC(=O)c1cccc(OCCCCN2CCCC[C@H]2c2cccnc2)c1. The summed E-state index contributed by atoms with van der Waals surface area (Å²) in [6.07, 6.45) is 9.78. The largest absolute Gasteiger partial charge is 0.494 e. The number of likely N-dealkylation sites (tertiary alicyclic amines) is 1. The van der Waals surface area contributed by atoms with Crippen molar-refractivity contribution in [2.24, 2.45) is 0 Å². The molecule has 0 spiro atoms. The lowest BCUT2D eigenvalue weighted by Gasteiger charge is -2.35. The van der Waals surface area contributed by atoms with Gasteiger partial charge in [0.05, 0.1) is 6.61 Å². The standard InChI is InChI=1S/C22H28N2O2/c1-18(25)19-8-6-10-21(16-19)26-15-5-4-14-24-13-3-2-11-22(24)20-9-7-12-23-17-20/h6-10,12,16-17,22H,2-5,11,13-15H2,1H3/t22-/m0/s1. The average molecular weight is 352 g/mol. The zero-order valence-corrected chi connectivity index (χ0v) is 15.6. The zero-order valence-electron chi connectivity index (χ0n) is 15.6. The van der Waals surface area contributed by atoms with Crippen LogP contribution in [0.15, 0.2) is 48.8 Å². The van der Waals surface area contributed by atoms with Crippen molar-refractivity contribution in [3.63, 3.8) is 0 Å². The number of ketones is 1. The molecule has 2 heterocycles. The van der Waals surface area contributed by atoms with Crippen molar-refractivity contribution in [3.05, 3.63) is 59.9 Å². The van der Waals surface area contributed by atoms with Gasteiger partial charge in [-0.3, -0.25) is 14.7 Å². The lowest BCUT2D eigenvalue weighted by molar-refractivity contribution is 0.101.